The summed E-state index contributed by atoms with van der Waals surface area (Å²) in [5, 5.41) is 2.38. The summed E-state index contributed by atoms with van der Waals surface area (Å²) >= 11 is 0. The second-order valence-electron chi connectivity index (χ2n) is 6.62. The molecule has 5 nitrogen and oxygen atoms in total. The summed E-state index contributed by atoms with van der Waals surface area (Å²) in [5.74, 6) is -4.50. The molecule has 0 radical (unpaired) electrons. The van der Waals surface area contributed by atoms with Gasteiger partial charge in [0.2, 0.25) is 5.82 Å². The summed E-state index contributed by atoms with van der Waals surface area (Å²) in [7, 11) is 0. The van der Waals surface area contributed by atoms with E-state index in [1.807, 2.05) is 0 Å². The van der Waals surface area contributed by atoms with Crippen LogP contribution in [0.2, 0.25) is 0 Å². The predicted molar refractivity (Wildman–Crippen MR) is 105 cm³/mol. The number of alkyl halides is 3. The van der Waals surface area contributed by atoms with Crippen molar-refractivity contribution in [2.45, 2.75) is 6.18 Å². The molecule has 4 aromatic rings. The van der Waals surface area contributed by atoms with E-state index in [4.69, 9.17) is 5.73 Å². The van der Waals surface area contributed by atoms with Crippen LogP contribution in [0.3, 0.4) is 0 Å². The number of carbonyl (C=O) groups is 1. The standard InChI is InChI=1S/C21H13F5N4O/c22-15-3-1-2-14(18(15)23)19(31)28-12-5-7-13(8-6-12)30-17-9-4-11(27)10-16(17)29-20(30)21(24,25)26/h1-10H,27H2,(H,28,31). The van der Waals surface area contributed by atoms with Crippen LogP contribution in [-0.4, -0.2) is 15.5 Å². The molecule has 3 aromatic carbocycles. The number of imidazole rings is 1. The highest BCUT2D eigenvalue weighted by atomic mass is 19.4. The zero-order valence-electron chi connectivity index (χ0n) is 15.5. The molecule has 0 bridgehead atoms. The second-order valence-corrected chi connectivity index (χ2v) is 6.62. The van der Waals surface area contributed by atoms with Crippen molar-refractivity contribution in [1.29, 1.82) is 0 Å². The highest BCUT2D eigenvalue weighted by Crippen LogP contribution is 2.34. The fourth-order valence-electron chi connectivity index (χ4n) is 3.12. The third kappa shape index (κ3) is 3.79. The summed E-state index contributed by atoms with van der Waals surface area (Å²) in [6.07, 6.45) is -4.73. The van der Waals surface area contributed by atoms with E-state index >= 15 is 0 Å². The van der Waals surface area contributed by atoms with Gasteiger partial charge in [0.1, 0.15) is 0 Å². The molecule has 0 saturated heterocycles. The SMILES string of the molecule is Nc1ccc2c(c1)nc(C(F)(F)F)n2-c1ccc(NC(=O)c2cccc(F)c2F)cc1. The van der Waals surface area contributed by atoms with Gasteiger partial charge in [0.15, 0.2) is 11.6 Å². The lowest BCUT2D eigenvalue weighted by atomic mass is 10.2. The number of carbonyl (C=O) groups excluding carboxylic acids is 1. The van der Waals surface area contributed by atoms with Crippen LogP contribution in [0.15, 0.2) is 60.7 Å². The van der Waals surface area contributed by atoms with Crippen LogP contribution in [0.5, 0.6) is 0 Å². The summed E-state index contributed by atoms with van der Waals surface area (Å²) in [4.78, 5) is 15.9. The van der Waals surface area contributed by atoms with Crippen molar-refractivity contribution in [3.8, 4) is 5.69 Å². The molecule has 0 aliphatic heterocycles. The molecule has 1 heterocycles. The van der Waals surface area contributed by atoms with Gasteiger partial charge in [-0.15, -0.1) is 0 Å². The third-order valence-electron chi connectivity index (χ3n) is 4.51. The minimum Gasteiger partial charge on any atom is -0.399 e. The molecule has 4 rings (SSSR count). The van der Waals surface area contributed by atoms with Crippen LogP contribution >= 0.6 is 0 Å². The smallest absolute Gasteiger partial charge is 0.399 e. The first-order valence-electron chi connectivity index (χ1n) is 8.86. The molecule has 0 fully saturated rings. The van der Waals surface area contributed by atoms with Gasteiger partial charge >= 0.3 is 6.18 Å². The molecule has 0 unspecified atom stereocenters. The maximum absolute atomic E-state index is 13.8. The van der Waals surface area contributed by atoms with E-state index in [1.165, 1.54) is 48.5 Å². The number of hydrogen-bond donors (Lipinski definition) is 2. The monoisotopic (exact) mass is 432 g/mol. The molecule has 31 heavy (non-hydrogen) atoms. The average molecular weight is 432 g/mol. The zero-order chi connectivity index (χ0) is 22.3. The Balaban J connectivity index is 1.69. The van der Waals surface area contributed by atoms with Gasteiger partial charge < -0.3 is 11.1 Å². The van der Waals surface area contributed by atoms with Crippen LogP contribution in [0.25, 0.3) is 16.7 Å². The first kappa shape index (κ1) is 20.3. The minimum atomic E-state index is -4.73. The molecule has 3 N–H and O–H groups in total. The van der Waals surface area contributed by atoms with Gasteiger partial charge in [0.05, 0.1) is 16.6 Å². The quantitative estimate of drug-likeness (QED) is 0.347. The lowest BCUT2D eigenvalue weighted by Gasteiger charge is -2.13. The van der Waals surface area contributed by atoms with Gasteiger partial charge in [-0.05, 0) is 54.6 Å². The second kappa shape index (κ2) is 7.38. The number of nitrogens with zero attached hydrogens (tertiary/aromatic N) is 2. The molecule has 0 aliphatic rings. The molecule has 0 aliphatic carbocycles. The van der Waals surface area contributed by atoms with Crippen LogP contribution in [0.1, 0.15) is 16.2 Å². The highest BCUT2D eigenvalue weighted by Gasteiger charge is 2.38. The number of fused-ring (bicyclic) bond motifs is 1. The third-order valence-corrected chi connectivity index (χ3v) is 4.51. The van der Waals surface area contributed by atoms with Crippen molar-refractivity contribution in [3.63, 3.8) is 0 Å². The van der Waals surface area contributed by atoms with Gasteiger partial charge in [-0.2, -0.15) is 13.2 Å². The molecule has 0 spiro atoms. The van der Waals surface area contributed by atoms with E-state index < -0.39 is 35.1 Å². The maximum atomic E-state index is 13.8. The molecule has 0 atom stereocenters. The normalized spacial score (nSPS) is 11.6. The molecule has 10 heteroatoms. The average Bonchev–Trinajstić information content (AvgIpc) is 3.09. The Hall–Kier alpha value is -3.95. The van der Waals surface area contributed by atoms with Crippen LogP contribution < -0.4 is 11.1 Å². The van der Waals surface area contributed by atoms with Gasteiger partial charge in [-0.1, -0.05) is 6.07 Å². The molecule has 158 valence electrons. The number of halogens is 5. The van der Waals surface area contributed by atoms with Gasteiger partial charge in [-0.3, -0.25) is 9.36 Å². The minimum absolute atomic E-state index is 0.0753. The number of hydrogen-bond acceptors (Lipinski definition) is 3. The van der Waals surface area contributed by atoms with Crippen LogP contribution in [-0.2, 0) is 6.18 Å². The van der Waals surface area contributed by atoms with Crippen molar-refractivity contribution in [2.75, 3.05) is 11.1 Å². The van der Waals surface area contributed by atoms with E-state index in [0.29, 0.717) is 0 Å². The predicted octanol–water partition coefficient (Wildman–Crippen LogP) is 5.16. The van der Waals surface area contributed by atoms with E-state index in [0.717, 1.165) is 16.7 Å². The van der Waals surface area contributed by atoms with Crippen molar-refractivity contribution >= 4 is 28.3 Å². The Labute approximate surface area is 171 Å². The van der Waals surface area contributed by atoms with Crippen LogP contribution in [0.4, 0.5) is 33.3 Å². The van der Waals surface area contributed by atoms with Gasteiger partial charge in [0, 0.05) is 17.1 Å². The number of anilines is 2. The summed E-state index contributed by atoms with van der Waals surface area (Å²) in [6.45, 7) is 0. The van der Waals surface area contributed by atoms with Crippen molar-refractivity contribution < 1.29 is 26.7 Å². The first-order chi connectivity index (χ1) is 14.6. The fourth-order valence-corrected chi connectivity index (χ4v) is 3.12. The highest BCUT2D eigenvalue weighted by molar-refractivity contribution is 6.04. The number of aromatic nitrogens is 2. The van der Waals surface area contributed by atoms with E-state index in [9.17, 15) is 26.7 Å². The van der Waals surface area contributed by atoms with Crippen LogP contribution in [0, 0.1) is 11.6 Å². The maximum Gasteiger partial charge on any atom is 0.450 e. The molecule has 1 amide bonds. The number of amides is 1. The number of nitrogens with one attached hydrogen (secondary N) is 1. The Morgan fingerprint density at radius 3 is 2.39 bits per heavy atom. The largest absolute Gasteiger partial charge is 0.450 e. The molecule has 0 saturated carbocycles. The van der Waals surface area contributed by atoms with Crippen molar-refractivity contribution in [1.82, 2.24) is 9.55 Å². The first-order valence-corrected chi connectivity index (χ1v) is 8.86. The lowest BCUT2D eigenvalue weighted by Crippen LogP contribution is -2.15. The lowest BCUT2D eigenvalue weighted by molar-refractivity contribution is -0.145. The van der Waals surface area contributed by atoms with E-state index in [1.54, 1.807) is 0 Å². The Kier molecular flexibility index (Phi) is 4.84. The zero-order valence-corrected chi connectivity index (χ0v) is 15.5. The number of rotatable bonds is 3. The van der Waals surface area contributed by atoms with E-state index in [2.05, 4.69) is 10.3 Å². The van der Waals surface area contributed by atoms with Crippen molar-refractivity contribution in [2.24, 2.45) is 0 Å². The van der Waals surface area contributed by atoms with Crippen molar-refractivity contribution in [3.05, 3.63) is 83.7 Å². The summed E-state index contributed by atoms with van der Waals surface area (Å²) in [6, 6.07) is 12.8. The number of nitrogens with two attached hydrogens (primary N) is 1. The topological polar surface area (TPSA) is 72.9 Å². The number of nitrogen functional groups attached to an aromatic ring is 1. The van der Waals surface area contributed by atoms with E-state index in [-0.39, 0.29) is 28.1 Å². The Bertz CT molecular complexity index is 1300. The van der Waals surface area contributed by atoms with Gasteiger partial charge in [0.25, 0.3) is 5.91 Å². The Morgan fingerprint density at radius 1 is 1.00 bits per heavy atom. The Morgan fingerprint density at radius 2 is 1.71 bits per heavy atom. The summed E-state index contributed by atoms with van der Waals surface area (Å²) < 4.78 is 68.6. The summed E-state index contributed by atoms with van der Waals surface area (Å²) in [5.41, 5.74) is 6.00. The molecular formula is C21H13F5N4O. The van der Waals surface area contributed by atoms with Gasteiger partial charge in [-0.25, -0.2) is 13.8 Å². The number of benzene rings is 3. The molecular weight excluding hydrogens is 419 g/mol. The fraction of sp³-hybridized carbons (Fsp3) is 0.0476. The molecule has 1 aromatic heterocycles.